The van der Waals surface area contributed by atoms with E-state index in [1.807, 2.05) is 59.5 Å². The lowest BCUT2D eigenvalue weighted by Gasteiger charge is -2.24. The molecule has 5 aromatic rings. The molecule has 74 heavy (non-hydrogen) atoms. The molecule has 5 aromatic carbocycles. The summed E-state index contributed by atoms with van der Waals surface area (Å²) in [6.45, 7) is 5.61. The lowest BCUT2D eigenvalue weighted by Crippen LogP contribution is -2.53. The predicted molar refractivity (Wildman–Crippen MR) is 280 cm³/mol. The summed E-state index contributed by atoms with van der Waals surface area (Å²) in [7, 11) is 3.00. The molecule has 4 aliphatic heterocycles. The summed E-state index contributed by atoms with van der Waals surface area (Å²) in [5, 5.41) is 11.9. The van der Waals surface area contributed by atoms with Crippen LogP contribution in [-0.4, -0.2) is 86.6 Å². The van der Waals surface area contributed by atoms with E-state index in [0.717, 1.165) is 28.9 Å². The minimum Gasteiger partial charge on any atom is -0.493 e. The van der Waals surface area contributed by atoms with Crippen molar-refractivity contribution in [2.45, 2.75) is 96.7 Å². The average Bonchev–Trinajstić information content (AvgIpc) is 3.88. The zero-order valence-corrected chi connectivity index (χ0v) is 42.0. The number of amides is 6. The molecule has 0 radical (unpaired) electrons. The maximum atomic E-state index is 14.1. The first-order chi connectivity index (χ1) is 35.7. The van der Waals surface area contributed by atoms with E-state index >= 15 is 0 Å². The average molecular weight is 1010 g/mol. The van der Waals surface area contributed by atoms with Crippen molar-refractivity contribution in [3.05, 3.63) is 124 Å². The fraction of sp³-hybridized carbons (Fsp3) is 0.339. The van der Waals surface area contributed by atoms with Gasteiger partial charge in [-0.25, -0.2) is 0 Å². The maximum absolute atomic E-state index is 14.1. The zero-order valence-electron chi connectivity index (χ0n) is 42.0. The van der Waals surface area contributed by atoms with Crippen molar-refractivity contribution < 1.29 is 47.7 Å². The number of rotatable bonds is 19. The van der Waals surface area contributed by atoms with Crippen LogP contribution in [0.3, 0.4) is 0 Å². The Morgan fingerprint density at radius 2 is 1.32 bits per heavy atom. The third kappa shape index (κ3) is 10.7. The second-order valence-electron chi connectivity index (χ2n) is 19.3. The van der Waals surface area contributed by atoms with Gasteiger partial charge in [0.2, 0.25) is 23.6 Å². The van der Waals surface area contributed by atoms with Gasteiger partial charge in [-0.3, -0.25) is 38.7 Å². The summed E-state index contributed by atoms with van der Waals surface area (Å²) in [5.41, 5.74) is 12.6. The summed E-state index contributed by atoms with van der Waals surface area (Å²) in [5.74, 6) is -1.13. The SMILES string of the molecule is COc1cc2c(cc1OCc1cc(COc3cc4c(cc3OC)C(=O)N3c5ccccc5C[C@H]3CN4)cc(NC(=O)[C@H](C)NC(=O)[C@@H](NC(=O)CCCCC(N)=O)C(C)C)c1)N=C[C@@H]1Cc3ccccc3N1C2=O. The third-order valence-electron chi connectivity index (χ3n) is 13.7. The number of carbonyl (C=O) groups is 6. The van der Waals surface area contributed by atoms with Crippen molar-refractivity contribution in [1.82, 2.24) is 10.6 Å². The molecule has 0 saturated carbocycles. The normalized spacial score (nSPS) is 16.7. The standard InChI is InChI=1S/C56H60N8O10/c1-31(2)52(62-51(66)17-11-10-16-50(57)65)54(68)60-32(3)53(67)61-37-19-33(29-73-48-25-42-40(23-46(48)71-4)55(69)63-38(27-58-42)21-35-12-6-8-14-44(35)63)18-34(20-37)30-74-49-26-43-41(24-47(49)72-5)56(70)64-39(28-59-43)22-36-13-7-9-15-45(36)64/h6-9,12-15,18-20,23-27,31-32,38-39,52,59H,10-11,16-17,21-22,28-30H2,1-5H3,(H2,57,65)(H,60,68)(H,61,67)(H,62,66)/t32-,38-,39-,52-/m0/s1. The van der Waals surface area contributed by atoms with E-state index in [-0.39, 0.29) is 61.8 Å². The summed E-state index contributed by atoms with van der Waals surface area (Å²) >= 11 is 0. The van der Waals surface area contributed by atoms with Gasteiger partial charge in [0.15, 0.2) is 23.0 Å². The van der Waals surface area contributed by atoms with Crippen molar-refractivity contribution in [2.24, 2.45) is 16.6 Å². The van der Waals surface area contributed by atoms with Crippen LogP contribution in [0.25, 0.3) is 0 Å². The van der Waals surface area contributed by atoms with Crippen LogP contribution < -0.4 is 55.7 Å². The quantitative estimate of drug-likeness (QED) is 0.0542. The molecule has 384 valence electrons. The number of nitrogens with one attached hydrogen (secondary N) is 4. The van der Waals surface area contributed by atoms with Crippen molar-refractivity contribution in [3.63, 3.8) is 0 Å². The van der Waals surface area contributed by atoms with E-state index in [9.17, 15) is 28.8 Å². The van der Waals surface area contributed by atoms with Crippen LogP contribution in [0.5, 0.6) is 23.0 Å². The van der Waals surface area contributed by atoms with E-state index in [0.29, 0.717) is 88.1 Å². The molecule has 0 saturated heterocycles. The molecule has 9 rings (SSSR count). The first-order valence-electron chi connectivity index (χ1n) is 24.8. The lowest BCUT2D eigenvalue weighted by atomic mass is 10.0. The van der Waals surface area contributed by atoms with Gasteiger partial charge in [-0.15, -0.1) is 0 Å². The van der Waals surface area contributed by atoms with Gasteiger partial charge in [-0.05, 0) is 96.8 Å². The van der Waals surface area contributed by atoms with Crippen molar-refractivity contribution >= 4 is 70.1 Å². The van der Waals surface area contributed by atoms with E-state index in [2.05, 4.69) is 21.3 Å². The van der Waals surface area contributed by atoms with Crippen LogP contribution in [0.2, 0.25) is 0 Å². The Hall–Kier alpha value is -8.41. The number of nitrogens with two attached hydrogens (primary N) is 1. The number of hydrogen-bond acceptors (Lipinski definition) is 12. The van der Waals surface area contributed by atoms with Crippen LogP contribution in [0, 0.1) is 5.92 Å². The smallest absolute Gasteiger partial charge is 0.261 e. The monoisotopic (exact) mass is 1000 g/mol. The zero-order chi connectivity index (χ0) is 52.2. The molecule has 6 amide bonds. The predicted octanol–water partition coefficient (Wildman–Crippen LogP) is 6.78. The summed E-state index contributed by atoms with van der Waals surface area (Å²) in [4.78, 5) is 87.9. The number of methoxy groups -OCH3 is 2. The second kappa shape index (κ2) is 21.7. The first kappa shape index (κ1) is 50.5. The maximum Gasteiger partial charge on any atom is 0.261 e. The van der Waals surface area contributed by atoms with Crippen LogP contribution in [0.4, 0.5) is 28.4 Å². The number of hydrogen-bond donors (Lipinski definition) is 5. The highest BCUT2D eigenvalue weighted by atomic mass is 16.5. The number of carbonyl (C=O) groups excluding carboxylic acids is 6. The molecule has 0 spiro atoms. The fourth-order valence-electron chi connectivity index (χ4n) is 9.91. The molecule has 4 atom stereocenters. The molecular weight excluding hydrogens is 945 g/mol. The minimum absolute atomic E-state index is 0.00764. The van der Waals surface area contributed by atoms with Gasteiger partial charge in [0, 0.05) is 61.2 Å². The van der Waals surface area contributed by atoms with E-state index in [1.165, 1.54) is 14.2 Å². The first-order valence-corrected chi connectivity index (χ1v) is 24.8. The molecule has 0 fully saturated rings. The molecular formula is C56H60N8O10. The number of primary amides is 1. The molecule has 4 heterocycles. The third-order valence-corrected chi connectivity index (χ3v) is 13.7. The van der Waals surface area contributed by atoms with Crippen molar-refractivity contribution in [2.75, 3.05) is 41.2 Å². The Kier molecular flexibility index (Phi) is 14.8. The number of aliphatic imine (C=N–C) groups is 1. The molecule has 18 nitrogen and oxygen atoms in total. The molecule has 0 unspecified atom stereocenters. The molecule has 0 bridgehead atoms. The summed E-state index contributed by atoms with van der Waals surface area (Å²) in [6.07, 6.45) is 4.31. The van der Waals surface area contributed by atoms with Gasteiger partial charge in [0.1, 0.15) is 25.3 Å². The van der Waals surface area contributed by atoms with Crippen LogP contribution >= 0.6 is 0 Å². The second-order valence-corrected chi connectivity index (χ2v) is 19.3. The topological polar surface area (TPSA) is 232 Å². The number of nitrogens with zero attached hydrogens (tertiary/aromatic N) is 3. The summed E-state index contributed by atoms with van der Waals surface area (Å²) in [6, 6.07) is 25.6. The number of ether oxygens (including phenoxy) is 4. The molecule has 18 heteroatoms. The highest BCUT2D eigenvalue weighted by molar-refractivity contribution is 6.15. The Morgan fingerprint density at radius 1 is 0.716 bits per heavy atom. The van der Waals surface area contributed by atoms with E-state index < -0.39 is 29.8 Å². The Labute approximate surface area is 429 Å². The van der Waals surface area contributed by atoms with Crippen molar-refractivity contribution in [3.8, 4) is 23.0 Å². The molecule has 6 N–H and O–H groups in total. The van der Waals surface area contributed by atoms with Gasteiger partial charge < -0.3 is 50.8 Å². The largest absolute Gasteiger partial charge is 0.493 e. The number of anilines is 4. The Bertz CT molecular complexity index is 3070. The van der Waals surface area contributed by atoms with Gasteiger partial charge in [0.05, 0.1) is 48.8 Å². The van der Waals surface area contributed by atoms with Gasteiger partial charge in [-0.2, -0.15) is 0 Å². The van der Waals surface area contributed by atoms with Gasteiger partial charge in [-0.1, -0.05) is 50.2 Å². The number of fused-ring (bicyclic) bond motifs is 8. The highest BCUT2D eigenvalue weighted by Crippen LogP contribution is 2.43. The molecule has 0 aromatic heterocycles. The fourth-order valence-corrected chi connectivity index (χ4v) is 9.91. The summed E-state index contributed by atoms with van der Waals surface area (Å²) < 4.78 is 24.4. The highest BCUT2D eigenvalue weighted by Gasteiger charge is 2.39. The van der Waals surface area contributed by atoms with Gasteiger partial charge >= 0.3 is 0 Å². The lowest BCUT2D eigenvalue weighted by molar-refractivity contribution is -0.131. The molecule has 0 aliphatic carbocycles. The van der Waals surface area contributed by atoms with Crippen LogP contribution in [-0.2, 0) is 45.2 Å². The minimum atomic E-state index is -1.03. The number of benzene rings is 5. The van der Waals surface area contributed by atoms with E-state index in [4.69, 9.17) is 29.7 Å². The number of para-hydroxylation sites is 2. The van der Waals surface area contributed by atoms with Crippen LogP contribution in [0.15, 0.2) is 96.0 Å². The Morgan fingerprint density at radius 3 is 1.99 bits per heavy atom. The van der Waals surface area contributed by atoms with E-state index in [1.54, 1.807) is 68.3 Å². The van der Waals surface area contributed by atoms with Crippen molar-refractivity contribution in [1.29, 1.82) is 0 Å². The molecule has 4 aliphatic rings. The number of unbranched alkanes of at least 4 members (excludes halogenated alkanes) is 1. The van der Waals surface area contributed by atoms with Crippen LogP contribution in [0.1, 0.15) is 89.4 Å². The van der Waals surface area contributed by atoms with Gasteiger partial charge in [0.25, 0.3) is 11.8 Å². The Balaban J connectivity index is 0.949.